The molecule has 0 aromatic heterocycles. The minimum absolute atomic E-state index is 0.0227. The largest absolute Gasteiger partial charge is 0.480 e. The molecule has 0 heterocycles. The van der Waals surface area contributed by atoms with Gasteiger partial charge in [-0.1, -0.05) is 0 Å². The van der Waals surface area contributed by atoms with E-state index in [0.29, 0.717) is 0 Å². The number of hydrogen-bond donors (Lipinski definition) is 4. The number of carboxylic acid groups (broad SMARTS) is 1. The highest BCUT2D eigenvalue weighted by molar-refractivity contribution is 5.82. The predicted octanol–water partition coefficient (Wildman–Crippen LogP) is -1.37. The molecule has 0 radical (unpaired) electrons. The van der Waals surface area contributed by atoms with Crippen LogP contribution >= 0.6 is 0 Å². The lowest BCUT2D eigenvalue weighted by atomic mass is 10.3. The van der Waals surface area contributed by atoms with E-state index in [-0.39, 0.29) is 13.0 Å². The summed E-state index contributed by atoms with van der Waals surface area (Å²) >= 11 is 0. The monoisotopic (exact) mass is 203 g/mol. The summed E-state index contributed by atoms with van der Waals surface area (Å²) in [6, 6.07) is -1.61. The smallest absolute Gasteiger partial charge is 0.325 e. The van der Waals surface area contributed by atoms with Crippen LogP contribution < -0.4 is 16.4 Å². The fourth-order valence-electron chi connectivity index (χ4n) is 0.609. The van der Waals surface area contributed by atoms with E-state index < -0.39 is 23.9 Å². The standard InChI is InChI=1S/C7H13N3O4/c1-4(6(12)13)10-7(14)9-3-2-5(8)11/h4H,2-3H2,1H3,(H2,8,11)(H,12,13)(H2,9,10,14)/t4-/m0/s1. The second kappa shape index (κ2) is 5.79. The first-order valence-electron chi connectivity index (χ1n) is 3.99. The molecule has 0 aliphatic heterocycles. The fraction of sp³-hybridized carbons (Fsp3) is 0.571. The number of nitrogens with two attached hydrogens (primary N) is 1. The number of carbonyl (C=O) groups is 3. The van der Waals surface area contributed by atoms with Crippen molar-refractivity contribution in [3.63, 3.8) is 0 Å². The topological polar surface area (TPSA) is 122 Å². The van der Waals surface area contributed by atoms with Gasteiger partial charge in [-0.25, -0.2) is 4.79 Å². The van der Waals surface area contributed by atoms with Gasteiger partial charge in [-0.2, -0.15) is 0 Å². The Morgan fingerprint density at radius 2 is 2.00 bits per heavy atom. The Labute approximate surface area is 80.6 Å². The number of aliphatic carboxylic acids is 1. The van der Waals surface area contributed by atoms with E-state index in [1.807, 2.05) is 0 Å². The number of urea groups is 1. The lowest BCUT2D eigenvalue weighted by Crippen LogP contribution is -2.45. The lowest BCUT2D eigenvalue weighted by molar-refractivity contribution is -0.138. The molecule has 0 aromatic carbocycles. The molecule has 0 aliphatic carbocycles. The number of rotatable bonds is 5. The Balaban J connectivity index is 3.65. The van der Waals surface area contributed by atoms with Crippen LogP contribution in [-0.2, 0) is 9.59 Å². The number of primary amides is 1. The van der Waals surface area contributed by atoms with Crippen LogP contribution in [-0.4, -0.2) is 35.6 Å². The SMILES string of the molecule is C[C@H](NC(=O)NCCC(N)=O)C(=O)O. The van der Waals surface area contributed by atoms with Crippen LogP contribution in [0.15, 0.2) is 0 Å². The second-order valence-corrected chi connectivity index (χ2v) is 2.68. The molecule has 0 rings (SSSR count). The third-order valence-electron chi connectivity index (χ3n) is 1.37. The first kappa shape index (κ1) is 12.2. The summed E-state index contributed by atoms with van der Waals surface area (Å²) in [4.78, 5) is 31.5. The Morgan fingerprint density at radius 1 is 1.43 bits per heavy atom. The fourth-order valence-corrected chi connectivity index (χ4v) is 0.609. The van der Waals surface area contributed by atoms with Gasteiger partial charge in [0.05, 0.1) is 0 Å². The molecule has 14 heavy (non-hydrogen) atoms. The summed E-state index contributed by atoms with van der Waals surface area (Å²) < 4.78 is 0. The molecule has 0 aliphatic rings. The molecule has 3 amide bonds. The highest BCUT2D eigenvalue weighted by Crippen LogP contribution is 1.81. The molecule has 0 saturated heterocycles. The summed E-state index contributed by atoms with van der Waals surface area (Å²) in [6.45, 7) is 1.42. The van der Waals surface area contributed by atoms with Crippen molar-refractivity contribution in [3.05, 3.63) is 0 Å². The predicted molar refractivity (Wildman–Crippen MR) is 47.4 cm³/mol. The van der Waals surface area contributed by atoms with Crippen LogP contribution in [0.4, 0.5) is 4.79 Å². The summed E-state index contributed by atoms with van der Waals surface area (Å²) in [5, 5.41) is 12.9. The Hall–Kier alpha value is -1.79. The van der Waals surface area contributed by atoms with Crippen LogP contribution in [0.1, 0.15) is 13.3 Å². The Bertz CT molecular complexity index is 241. The highest BCUT2D eigenvalue weighted by Gasteiger charge is 2.12. The van der Waals surface area contributed by atoms with Gasteiger partial charge in [-0.3, -0.25) is 9.59 Å². The van der Waals surface area contributed by atoms with Crippen LogP contribution in [0.5, 0.6) is 0 Å². The molecule has 0 bridgehead atoms. The molecule has 80 valence electrons. The van der Waals surface area contributed by atoms with Crippen molar-refractivity contribution in [3.8, 4) is 0 Å². The van der Waals surface area contributed by atoms with Gasteiger partial charge in [-0.05, 0) is 6.92 Å². The zero-order valence-corrected chi connectivity index (χ0v) is 7.74. The van der Waals surface area contributed by atoms with Crippen molar-refractivity contribution in [2.75, 3.05) is 6.54 Å². The van der Waals surface area contributed by atoms with E-state index in [9.17, 15) is 14.4 Å². The quantitative estimate of drug-likeness (QED) is 0.440. The van der Waals surface area contributed by atoms with Gasteiger partial charge in [0.25, 0.3) is 0 Å². The van der Waals surface area contributed by atoms with Crippen LogP contribution in [0.3, 0.4) is 0 Å². The first-order valence-corrected chi connectivity index (χ1v) is 3.99. The summed E-state index contributed by atoms with van der Waals surface area (Å²) in [5.74, 6) is -1.66. The minimum atomic E-state index is -1.13. The molecule has 0 unspecified atom stereocenters. The van der Waals surface area contributed by atoms with E-state index in [0.717, 1.165) is 0 Å². The molecule has 5 N–H and O–H groups in total. The van der Waals surface area contributed by atoms with Crippen molar-refractivity contribution in [2.24, 2.45) is 5.73 Å². The van der Waals surface area contributed by atoms with Gasteiger partial charge in [0, 0.05) is 13.0 Å². The molecule has 0 aromatic rings. The van der Waals surface area contributed by atoms with E-state index in [1.165, 1.54) is 6.92 Å². The van der Waals surface area contributed by atoms with Crippen molar-refractivity contribution >= 4 is 17.9 Å². The van der Waals surface area contributed by atoms with E-state index in [2.05, 4.69) is 10.6 Å². The molecule has 0 spiro atoms. The molecule has 7 heteroatoms. The molecule has 0 fully saturated rings. The van der Waals surface area contributed by atoms with E-state index in [4.69, 9.17) is 10.8 Å². The van der Waals surface area contributed by atoms with Crippen LogP contribution in [0.2, 0.25) is 0 Å². The van der Waals surface area contributed by atoms with Gasteiger partial charge in [0.1, 0.15) is 6.04 Å². The lowest BCUT2D eigenvalue weighted by Gasteiger charge is -2.09. The van der Waals surface area contributed by atoms with Crippen molar-refractivity contribution in [1.82, 2.24) is 10.6 Å². The van der Waals surface area contributed by atoms with Gasteiger partial charge in [0.2, 0.25) is 5.91 Å². The van der Waals surface area contributed by atoms with Gasteiger partial charge >= 0.3 is 12.0 Å². The average molecular weight is 203 g/mol. The zero-order chi connectivity index (χ0) is 11.1. The molecular formula is C7H13N3O4. The van der Waals surface area contributed by atoms with Crippen molar-refractivity contribution < 1.29 is 19.5 Å². The number of carboxylic acids is 1. The summed E-state index contributed by atoms with van der Waals surface area (Å²) in [6.07, 6.45) is 0.0227. The number of hydrogen-bond acceptors (Lipinski definition) is 3. The van der Waals surface area contributed by atoms with E-state index >= 15 is 0 Å². The zero-order valence-electron chi connectivity index (χ0n) is 7.74. The van der Waals surface area contributed by atoms with Gasteiger partial charge < -0.3 is 21.5 Å². The molecule has 1 atom stereocenters. The van der Waals surface area contributed by atoms with Gasteiger partial charge in [0.15, 0.2) is 0 Å². The van der Waals surface area contributed by atoms with E-state index in [1.54, 1.807) is 0 Å². The highest BCUT2D eigenvalue weighted by atomic mass is 16.4. The second-order valence-electron chi connectivity index (χ2n) is 2.68. The molecule has 0 saturated carbocycles. The summed E-state index contributed by atoms with van der Waals surface area (Å²) in [5.41, 5.74) is 4.82. The van der Waals surface area contributed by atoms with Gasteiger partial charge in [-0.15, -0.1) is 0 Å². The average Bonchev–Trinajstić information content (AvgIpc) is 2.02. The number of nitrogens with one attached hydrogen (secondary N) is 2. The van der Waals surface area contributed by atoms with Crippen molar-refractivity contribution in [2.45, 2.75) is 19.4 Å². The molecular weight excluding hydrogens is 190 g/mol. The third-order valence-corrected chi connectivity index (χ3v) is 1.37. The Kier molecular flexibility index (Phi) is 5.05. The summed E-state index contributed by atoms with van der Waals surface area (Å²) in [7, 11) is 0. The van der Waals surface area contributed by atoms with Crippen LogP contribution in [0.25, 0.3) is 0 Å². The maximum absolute atomic E-state index is 10.9. The van der Waals surface area contributed by atoms with Crippen molar-refractivity contribution in [1.29, 1.82) is 0 Å². The first-order chi connectivity index (χ1) is 6.43. The normalized spacial score (nSPS) is 11.5. The minimum Gasteiger partial charge on any atom is -0.480 e. The number of amides is 3. The van der Waals surface area contributed by atoms with Crippen LogP contribution in [0, 0.1) is 0 Å². The Morgan fingerprint density at radius 3 is 2.43 bits per heavy atom. The number of carbonyl (C=O) groups excluding carboxylic acids is 2. The maximum Gasteiger partial charge on any atom is 0.325 e. The maximum atomic E-state index is 10.9. The molecule has 7 nitrogen and oxygen atoms in total. The third kappa shape index (κ3) is 5.81.